The van der Waals surface area contributed by atoms with Crippen LogP contribution in [0.5, 0.6) is 23.0 Å². The van der Waals surface area contributed by atoms with Crippen LogP contribution in [0.3, 0.4) is 0 Å². The Labute approximate surface area is 388 Å². The van der Waals surface area contributed by atoms with Crippen molar-refractivity contribution in [1.82, 2.24) is 0 Å². The van der Waals surface area contributed by atoms with Crippen LogP contribution in [0.2, 0.25) is 0 Å². The number of benzene rings is 6. The van der Waals surface area contributed by atoms with Crippen molar-refractivity contribution in [3.63, 3.8) is 0 Å². The Bertz CT molecular complexity index is 2410. The molecule has 0 saturated carbocycles. The molecule has 10 heteroatoms. The first-order valence-corrected chi connectivity index (χ1v) is 22.0. The summed E-state index contributed by atoms with van der Waals surface area (Å²) in [5.74, 6) is 0.218. The number of carboxylic acids is 2. The fourth-order valence-electron chi connectivity index (χ4n) is 7.67. The number of carboxylic acid groups (broad SMARTS) is 2. The van der Waals surface area contributed by atoms with Crippen LogP contribution < -0.4 is 18.9 Å². The van der Waals surface area contributed by atoms with Crippen molar-refractivity contribution in [1.29, 1.82) is 0 Å². The third-order valence-corrected chi connectivity index (χ3v) is 11.4. The van der Waals surface area contributed by atoms with Crippen molar-refractivity contribution in [3.05, 3.63) is 166 Å². The molecular formula is C56H62F2O8. The molecule has 0 unspecified atom stereocenters. The van der Waals surface area contributed by atoms with Gasteiger partial charge >= 0.3 is 11.9 Å². The Kier molecular flexibility index (Phi) is 16.8. The maximum atomic E-state index is 14.8. The lowest BCUT2D eigenvalue weighted by Crippen LogP contribution is -2.13. The van der Waals surface area contributed by atoms with Crippen LogP contribution in [0.15, 0.2) is 121 Å². The molecule has 6 aromatic rings. The normalized spacial score (nSPS) is 12.3. The highest BCUT2D eigenvalue weighted by Crippen LogP contribution is 2.39. The second-order valence-electron chi connectivity index (χ2n) is 18.7. The van der Waals surface area contributed by atoms with Crippen LogP contribution in [-0.4, -0.2) is 36.4 Å². The van der Waals surface area contributed by atoms with Gasteiger partial charge in [-0.2, -0.15) is 0 Å². The Morgan fingerprint density at radius 1 is 0.485 bits per heavy atom. The Morgan fingerprint density at radius 2 is 0.818 bits per heavy atom. The maximum absolute atomic E-state index is 14.8. The number of methoxy groups -OCH3 is 2. The van der Waals surface area contributed by atoms with Gasteiger partial charge in [-0.25, -0.2) is 8.78 Å². The largest absolute Gasteiger partial charge is 0.497 e. The summed E-state index contributed by atoms with van der Waals surface area (Å²) in [5, 5.41) is 18.0. The smallest absolute Gasteiger partial charge is 0.303 e. The molecule has 0 aromatic heterocycles. The number of hydrogen-bond acceptors (Lipinski definition) is 6. The molecule has 348 valence electrons. The predicted molar refractivity (Wildman–Crippen MR) is 257 cm³/mol. The van der Waals surface area contributed by atoms with E-state index in [2.05, 4.69) is 41.5 Å². The third kappa shape index (κ3) is 13.7. The summed E-state index contributed by atoms with van der Waals surface area (Å²) in [6.45, 7) is 17.1. The molecule has 0 aliphatic heterocycles. The third-order valence-electron chi connectivity index (χ3n) is 11.4. The highest BCUT2D eigenvalue weighted by atomic mass is 19.1. The quantitative estimate of drug-likeness (QED) is 0.0988. The Balaban J connectivity index is 0.000000247. The second kappa shape index (κ2) is 22.0. The molecule has 0 radical (unpaired) electrons. The maximum Gasteiger partial charge on any atom is 0.303 e. The first kappa shape index (κ1) is 50.3. The molecule has 0 saturated heterocycles. The molecule has 0 amide bonds. The molecule has 6 rings (SSSR count). The minimum absolute atomic E-state index is 0.0678. The lowest BCUT2D eigenvalue weighted by molar-refractivity contribution is -0.138. The molecule has 6 aromatic carbocycles. The monoisotopic (exact) mass is 900 g/mol. The molecular weight excluding hydrogens is 839 g/mol. The van der Waals surface area contributed by atoms with Crippen LogP contribution in [0, 0.1) is 11.6 Å². The van der Waals surface area contributed by atoms with Crippen LogP contribution in [0.4, 0.5) is 8.78 Å². The molecule has 0 heterocycles. The highest BCUT2D eigenvalue weighted by Gasteiger charge is 2.23. The lowest BCUT2D eigenvalue weighted by Gasteiger charge is -2.24. The first-order chi connectivity index (χ1) is 31.2. The van der Waals surface area contributed by atoms with E-state index in [0.717, 1.165) is 44.5 Å². The zero-order valence-corrected chi connectivity index (χ0v) is 39.6. The highest BCUT2D eigenvalue weighted by molar-refractivity contribution is 5.73. The summed E-state index contributed by atoms with van der Waals surface area (Å²) >= 11 is 0. The number of aliphatic carboxylic acids is 2. The van der Waals surface area contributed by atoms with Gasteiger partial charge in [-0.1, -0.05) is 104 Å². The van der Waals surface area contributed by atoms with Crippen molar-refractivity contribution in [2.45, 2.75) is 104 Å². The van der Waals surface area contributed by atoms with Gasteiger partial charge < -0.3 is 29.2 Å². The predicted octanol–water partition coefficient (Wildman–Crippen LogP) is 13.9. The van der Waals surface area contributed by atoms with E-state index in [1.54, 1.807) is 38.5 Å². The molecule has 0 bridgehead atoms. The van der Waals surface area contributed by atoms with Gasteiger partial charge in [0.15, 0.2) is 0 Å². The Morgan fingerprint density at radius 3 is 1.12 bits per heavy atom. The summed E-state index contributed by atoms with van der Waals surface area (Å²) in [4.78, 5) is 21.9. The number of hydrogen-bond donors (Lipinski definition) is 2. The molecule has 8 nitrogen and oxygen atoms in total. The lowest BCUT2D eigenvalue weighted by atomic mass is 9.81. The zero-order chi connectivity index (χ0) is 48.3. The van der Waals surface area contributed by atoms with E-state index in [1.165, 1.54) is 12.1 Å². The summed E-state index contributed by atoms with van der Waals surface area (Å²) in [7, 11) is 3.14. The molecule has 0 fully saturated rings. The van der Waals surface area contributed by atoms with Crippen LogP contribution in [0.25, 0.3) is 22.3 Å². The standard InChI is InChI=1S/2C28H31FO4/c2*1-18(14-27(30)31)20-7-9-21(10-8-20)33-17-19-6-12-25(28(2,3)4)23(15-19)24-16-22(32-5)11-13-26(24)29/h2*6-13,15-16,18H,14,17H2,1-5H3,(H,30,31)/t2*18-/m10/s1. The van der Waals surface area contributed by atoms with Crippen LogP contribution in [0.1, 0.15) is 113 Å². The van der Waals surface area contributed by atoms with Gasteiger partial charge in [0.25, 0.3) is 0 Å². The summed E-state index contributed by atoms with van der Waals surface area (Å²) in [6.07, 6.45) is 0.174. The average molecular weight is 901 g/mol. The minimum atomic E-state index is -0.815. The average Bonchev–Trinajstić information content (AvgIpc) is 3.27. The molecule has 66 heavy (non-hydrogen) atoms. The van der Waals surface area contributed by atoms with E-state index in [0.29, 0.717) is 47.3 Å². The summed E-state index contributed by atoms with van der Waals surface area (Å²) in [6, 6.07) is 36.5. The minimum Gasteiger partial charge on any atom is -0.497 e. The molecule has 0 spiro atoms. The van der Waals surface area contributed by atoms with Crippen molar-refractivity contribution >= 4 is 11.9 Å². The van der Waals surface area contributed by atoms with Crippen molar-refractivity contribution in [2.24, 2.45) is 0 Å². The first-order valence-electron chi connectivity index (χ1n) is 22.0. The molecule has 0 aliphatic carbocycles. The van der Waals surface area contributed by atoms with Gasteiger partial charge in [0, 0.05) is 11.1 Å². The van der Waals surface area contributed by atoms with E-state index in [-0.39, 0.29) is 47.1 Å². The fraction of sp³-hybridized carbons (Fsp3) is 0.321. The van der Waals surface area contributed by atoms with E-state index < -0.39 is 11.9 Å². The van der Waals surface area contributed by atoms with E-state index >= 15 is 0 Å². The van der Waals surface area contributed by atoms with Crippen molar-refractivity contribution < 1.29 is 47.5 Å². The van der Waals surface area contributed by atoms with Crippen molar-refractivity contribution in [2.75, 3.05) is 14.2 Å². The van der Waals surface area contributed by atoms with E-state index in [1.807, 2.05) is 98.8 Å². The second-order valence-corrected chi connectivity index (χ2v) is 18.7. The van der Waals surface area contributed by atoms with E-state index in [4.69, 9.17) is 29.2 Å². The molecule has 0 aliphatic rings. The number of ether oxygens (including phenoxy) is 4. The Hall–Kier alpha value is -6.68. The number of carbonyl (C=O) groups is 2. The SMILES string of the molecule is COc1ccc(F)c(-c2cc(COc3ccc([C@@H](C)CC(=O)O)cc3)ccc2C(C)(C)C)c1.COc1ccc(F)c(-c2cc(COc3ccc([C@H](C)CC(=O)O)cc3)ccc2C(C)(C)C)c1. The zero-order valence-electron chi connectivity index (χ0n) is 39.6. The molecule has 2 atom stereocenters. The summed E-state index contributed by atoms with van der Waals surface area (Å²) < 4.78 is 52.2. The van der Waals surface area contributed by atoms with Gasteiger partial charge in [-0.05, 0) is 140 Å². The van der Waals surface area contributed by atoms with Gasteiger partial charge in [0.1, 0.15) is 47.8 Å². The topological polar surface area (TPSA) is 112 Å². The summed E-state index contributed by atoms with van der Waals surface area (Å²) in [5.41, 5.74) is 8.11. The number of rotatable bonds is 16. The molecule has 2 N–H and O–H groups in total. The van der Waals surface area contributed by atoms with Crippen LogP contribution in [-0.2, 0) is 33.6 Å². The fourth-order valence-corrected chi connectivity index (χ4v) is 7.67. The van der Waals surface area contributed by atoms with E-state index in [9.17, 15) is 18.4 Å². The number of halogens is 2. The van der Waals surface area contributed by atoms with Gasteiger partial charge in [-0.15, -0.1) is 0 Å². The van der Waals surface area contributed by atoms with Crippen LogP contribution >= 0.6 is 0 Å². The van der Waals surface area contributed by atoms with Gasteiger partial charge in [0.05, 0.1) is 27.1 Å². The van der Waals surface area contributed by atoms with Crippen molar-refractivity contribution in [3.8, 4) is 45.3 Å². The van der Waals surface area contributed by atoms with Gasteiger partial charge in [0.2, 0.25) is 0 Å². The van der Waals surface area contributed by atoms with Gasteiger partial charge in [-0.3, -0.25) is 9.59 Å².